The van der Waals surface area contributed by atoms with Crippen LogP contribution in [-0.2, 0) is 17.6 Å². The number of hydrogen-bond donors (Lipinski definition) is 5. The summed E-state index contributed by atoms with van der Waals surface area (Å²) in [5.41, 5.74) is 17.9. The highest BCUT2D eigenvalue weighted by Gasteiger charge is 2.31. The molecule has 6 rings (SSSR count). The summed E-state index contributed by atoms with van der Waals surface area (Å²) in [6.45, 7) is 1.75. The number of aryl methyl sites for hydroxylation is 2. The average molecular weight is 495 g/mol. The fraction of sp³-hybridized carbons (Fsp3) is 0.185. The molecule has 2 aliphatic heterocycles. The van der Waals surface area contributed by atoms with Crippen LogP contribution in [0.4, 0.5) is 11.4 Å². The quantitative estimate of drug-likeness (QED) is 0.273. The standard InChI is InChI=1S/C27H26N8O2/c1-16-24(27(37)35(32-16)21-13-12-17-6-2-3-7-18(17)15-21)29-28-23-11-5-10-22(25(23)36)19-8-4-9-20(14-19)26-30-33-34-31-26/h4-5,8-15,28,33-34,36H,2-3,6-7H2,1H3,(H,30,31)/b29-24-. The number of amides is 1. The predicted molar refractivity (Wildman–Crippen MR) is 144 cm³/mol. The van der Waals surface area contributed by atoms with E-state index in [1.54, 1.807) is 13.0 Å². The Balaban J connectivity index is 1.24. The van der Waals surface area contributed by atoms with Gasteiger partial charge in [-0.1, -0.05) is 36.4 Å². The topological polar surface area (TPSA) is 126 Å². The van der Waals surface area contributed by atoms with Gasteiger partial charge in [0.05, 0.1) is 17.1 Å². The van der Waals surface area contributed by atoms with Crippen molar-refractivity contribution in [3.63, 3.8) is 0 Å². The smallest absolute Gasteiger partial charge is 0.301 e. The van der Waals surface area contributed by atoms with Crippen LogP contribution in [0.2, 0.25) is 0 Å². The molecule has 0 saturated carbocycles. The Hall–Kier alpha value is -4.70. The molecule has 0 spiro atoms. The van der Waals surface area contributed by atoms with Gasteiger partial charge in [0, 0.05) is 11.1 Å². The molecule has 0 bridgehead atoms. The summed E-state index contributed by atoms with van der Waals surface area (Å²) in [5.74, 6) is 0.351. The zero-order chi connectivity index (χ0) is 25.4. The van der Waals surface area contributed by atoms with Gasteiger partial charge in [-0.15, -0.1) is 10.6 Å². The number of carbonyl (C=O) groups excluding carboxylic acids is 1. The van der Waals surface area contributed by atoms with Gasteiger partial charge in [0.25, 0.3) is 0 Å². The highest BCUT2D eigenvalue weighted by molar-refractivity contribution is 6.71. The van der Waals surface area contributed by atoms with E-state index in [1.165, 1.54) is 22.6 Å². The summed E-state index contributed by atoms with van der Waals surface area (Å²) < 4.78 is 0. The molecule has 10 heteroatoms. The first-order valence-corrected chi connectivity index (χ1v) is 12.2. The van der Waals surface area contributed by atoms with Crippen LogP contribution in [0.15, 0.2) is 76.0 Å². The summed E-state index contributed by atoms with van der Waals surface area (Å²) in [7, 11) is 0. The molecule has 0 radical (unpaired) electrons. The average Bonchev–Trinajstić information content (AvgIpc) is 3.56. The highest BCUT2D eigenvalue weighted by Crippen LogP contribution is 2.36. The van der Waals surface area contributed by atoms with Gasteiger partial charge >= 0.3 is 5.91 Å². The number of amidine groups is 1. The van der Waals surface area contributed by atoms with Crippen molar-refractivity contribution in [3.05, 3.63) is 77.4 Å². The molecule has 3 aliphatic rings. The molecular weight excluding hydrogens is 468 g/mol. The number of hydrazone groups is 3. The maximum Gasteiger partial charge on any atom is 0.301 e. The van der Waals surface area contributed by atoms with Crippen molar-refractivity contribution in [1.82, 2.24) is 16.5 Å². The normalized spacial score (nSPS) is 17.7. The number of hydrazine groups is 2. The number of fused-ring (bicyclic) bond motifs is 1. The fourth-order valence-electron chi connectivity index (χ4n) is 4.81. The summed E-state index contributed by atoms with van der Waals surface area (Å²) in [6.07, 6.45) is 4.47. The minimum absolute atomic E-state index is 0.0214. The van der Waals surface area contributed by atoms with E-state index in [2.05, 4.69) is 49.4 Å². The van der Waals surface area contributed by atoms with Gasteiger partial charge in [-0.25, -0.2) is 5.53 Å². The molecular formula is C27H26N8O2. The maximum atomic E-state index is 13.2. The number of para-hydroxylation sites is 1. The van der Waals surface area contributed by atoms with Crippen LogP contribution in [0.5, 0.6) is 5.75 Å². The van der Waals surface area contributed by atoms with Gasteiger partial charge in [-0.3, -0.25) is 15.6 Å². The second-order valence-corrected chi connectivity index (χ2v) is 9.14. The van der Waals surface area contributed by atoms with Crippen molar-refractivity contribution in [3.8, 4) is 16.9 Å². The second-order valence-electron chi connectivity index (χ2n) is 9.14. The Kier molecular flexibility index (Phi) is 5.78. The molecule has 1 amide bonds. The minimum Gasteiger partial charge on any atom is -0.505 e. The van der Waals surface area contributed by atoms with E-state index >= 15 is 0 Å². The van der Waals surface area contributed by atoms with Crippen molar-refractivity contribution in [2.45, 2.75) is 32.6 Å². The molecule has 5 N–H and O–H groups in total. The molecule has 0 unspecified atom stereocenters. The molecule has 0 atom stereocenters. The van der Waals surface area contributed by atoms with Gasteiger partial charge < -0.3 is 5.11 Å². The zero-order valence-corrected chi connectivity index (χ0v) is 20.2. The molecule has 37 heavy (non-hydrogen) atoms. The number of aromatic hydroxyl groups is 1. The number of rotatable bonds is 5. The summed E-state index contributed by atoms with van der Waals surface area (Å²) in [6, 6.07) is 19.0. The number of nitrogens with one attached hydrogen (secondary N) is 4. The van der Waals surface area contributed by atoms with Gasteiger partial charge in [-0.05, 0) is 73.6 Å². The molecule has 3 aromatic rings. The number of hydrogen-bond acceptors (Lipinski definition) is 9. The van der Waals surface area contributed by atoms with Crippen LogP contribution in [0.3, 0.4) is 0 Å². The number of nitrogens with zero attached hydrogens (tertiary/aromatic N) is 4. The van der Waals surface area contributed by atoms with Crippen LogP contribution in [0.1, 0.15) is 36.5 Å². The third kappa shape index (κ3) is 4.27. The Morgan fingerprint density at radius 1 is 1.00 bits per heavy atom. The lowest BCUT2D eigenvalue weighted by Crippen LogP contribution is -2.35. The molecule has 186 valence electrons. The van der Waals surface area contributed by atoms with E-state index in [4.69, 9.17) is 0 Å². The van der Waals surface area contributed by atoms with E-state index in [0.29, 0.717) is 22.8 Å². The van der Waals surface area contributed by atoms with E-state index in [1.807, 2.05) is 42.5 Å². The molecule has 0 fully saturated rings. The Morgan fingerprint density at radius 3 is 2.65 bits per heavy atom. The van der Waals surface area contributed by atoms with Gasteiger partial charge in [-0.2, -0.15) is 15.2 Å². The summed E-state index contributed by atoms with van der Waals surface area (Å²) in [5, 5.41) is 25.3. The molecule has 2 heterocycles. The third-order valence-electron chi connectivity index (χ3n) is 6.74. The Morgan fingerprint density at radius 2 is 1.81 bits per heavy atom. The van der Waals surface area contributed by atoms with Crippen LogP contribution < -0.4 is 26.9 Å². The second kappa shape index (κ2) is 9.40. The minimum atomic E-state index is -0.309. The van der Waals surface area contributed by atoms with E-state index in [-0.39, 0.29) is 17.4 Å². The maximum absolute atomic E-state index is 13.2. The van der Waals surface area contributed by atoms with Crippen LogP contribution in [0.25, 0.3) is 11.1 Å². The van der Waals surface area contributed by atoms with E-state index < -0.39 is 0 Å². The Bertz CT molecular complexity index is 1490. The van der Waals surface area contributed by atoms with Crippen molar-refractivity contribution in [2.24, 2.45) is 15.3 Å². The largest absolute Gasteiger partial charge is 0.505 e. The first kappa shape index (κ1) is 22.7. The van der Waals surface area contributed by atoms with E-state index in [0.717, 1.165) is 36.1 Å². The summed E-state index contributed by atoms with van der Waals surface area (Å²) in [4.78, 5) is 13.2. The SMILES string of the molecule is CC1=NN(c2ccc3c(c2)CCCC3)C(=O)/C1=N\Nc1cccc(-c2cccc(C3=NNNN3)c2)c1O. The summed E-state index contributed by atoms with van der Waals surface area (Å²) >= 11 is 0. The molecule has 1 aliphatic carbocycles. The molecule has 10 nitrogen and oxygen atoms in total. The van der Waals surface area contributed by atoms with Gasteiger partial charge in [0.15, 0.2) is 11.5 Å². The Labute approximate surface area is 213 Å². The first-order chi connectivity index (χ1) is 18.1. The lowest BCUT2D eigenvalue weighted by molar-refractivity contribution is -0.112. The van der Waals surface area contributed by atoms with Crippen LogP contribution in [0, 0.1) is 0 Å². The predicted octanol–water partition coefficient (Wildman–Crippen LogP) is 3.40. The number of benzene rings is 3. The van der Waals surface area contributed by atoms with Crippen molar-refractivity contribution < 1.29 is 9.90 Å². The fourth-order valence-corrected chi connectivity index (χ4v) is 4.81. The number of phenols is 1. The monoisotopic (exact) mass is 494 g/mol. The molecule has 0 aromatic heterocycles. The molecule has 0 saturated heterocycles. The lowest BCUT2D eigenvalue weighted by atomic mass is 9.91. The molecule has 3 aromatic carbocycles. The van der Waals surface area contributed by atoms with Crippen LogP contribution in [-0.4, -0.2) is 28.3 Å². The third-order valence-corrected chi connectivity index (χ3v) is 6.74. The van der Waals surface area contributed by atoms with E-state index in [9.17, 15) is 9.90 Å². The van der Waals surface area contributed by atoms with Crippen molar-refractivity contribution >= 4 is 34.5 Å². The van der Waals surface area contributed by atoms with Gasteiger partial charge in [0.2, 0.25) is 0 Å². The van der Waals surface area contributed by atoms with Crippen LogP contribution >= 0.6 is 0 Å². The number of carbonyl (C=O) groups is 1. The zero-order valence-electron chi connectivity index (χ0n) is 20.2. The van der Waals surface area contributed by atoms with Gasteiger partial charge in [0.1, 0.15) is 5.75 Å². The number of phenolic OH excluding ortho intramolecular Hbond substituents is 1. The van der Waals surface area contributed by atoms with Crippen molar-refractivity contribution in [1.29, 1.82) is 0 Å². The first-order valence-electron chi connectivity index (χ1n) is 12.2. The van der Waals surface area contributed by atoms with Crippen molar-refractivity contribution in [2.75, 3.05) is 10.4 Å². The lowest BCUT2D eigenvalue weighted by Gasteiger charge is -2.19. The highest BCUT2D eigenvalue weighted by atomic mass is 16.3. The number of anilines is 2.